The van der Waals surface area contributed by atoms with Gasteiger partial charge < -0.3 is 19.6 Å². The maximum absolute atomic E-state index is 13.4. The number of imide groups is 1. The SMILES string of the molecule is CCCOc1ccc(C2=C(N(C)CCO)C(=O)N(c3ccc(N(C)C)cc3)C2=O)cc1. The van der Waals surface area contributed by atoms with Gasteiger partial charge in [0.15, 0.2) is 0 Å². The van der Waals surface area contributed by atoms with Crippen LogP contribution in [0.15, 0.2) is 54.2 Å². The molecule has 0 aromatic heterocycles. The predicted molar refractivity (Wildman–Crippen MR) is 122 cm³/mol. The molecule has 0 spiro atoms. The van der Waals surface area contributed by atoms with Crippen LogP contribution in [0.3, 0.4) is 0 Å². The lowest BCUT2D eigenvalue weighted by molar-refractivity contribution is -0.120. The summed E-state index contributed by atoms with van der Waals surface area (Å²) >= 11 is 0. The average molecular weight is 424 g/mol. The molecule has 1 aliphatic heterocycles. The van der Waals surface area contributed by atoms with Crippen LogP contribution in [0, 0.1) is 0 Å². The number of carbonyl (C=O) groups excluding carboxylic acids is 2. The minimum atomic E-state index is -0.403. The molecule has 7 heteroatoms. The van der Waals surface area contributed by atoms with Crippen LogP contribution in [-0.2, 0) is 9.59 Å². The van der Waals surface area contributed by atoms with Crippen molar-refractivity contribution in [2.24, 2.45) is 0 Å². The lowest BCUT2D eigenvalue weighted by Gasteiger charge is -2.21. The van der Waals surface area contributed by atoms with E-state index in [1.54, 1.807) is 48.3 Å². The predicted octanol–water partition coefficient (Wildman–Crippen LogP) is 2.75. The number of likely N-dealkylation sites (N-methyl/N-ethyl adjacent to an activating group) is 1. The largest absolute Gasteiger partial charge is 0.494 e. The molecule has 1 aliphatic rings. The van der Waals surface area contributed by atoms with E-state index in [4.69, 9.17) is 4.74 Å². The van der Waals surface area contributed by atoms with Crippen LogP contribution in [0.5, 0.6) is 5.75 Å². The first kappa shape index (κ1) is 22.4. The summed E-state index contributed by atoms with van der Waals surface area (Å²) in [7, 11) is 5.56. The van der Waals surface area contributed by atoms with Crippen molar-refractivity contribution in [2.75, 3.05) is 50.7 Å². The van der Waals surface area contributed by atoms with E-state index >= 15 is 0 Å². The van der Waals surface area contributed by atoms with Gasteiger partial charge in [-0.05, 0) is 48.4 Å². The van der Waals surface area contributed by atoms with E-state index in [2.05, 4.69) is 0 Å². The minimum absolute atomic E-state index is 0.129. The first-order valence-electron chi connectivity index (χ1n) is 10.3. The summed E-state index contributed by atoms with van der Waals surface area (Å²) in [6.45, 7) is 2.75. The molecule has 0 saturated heterocycles. The number of hydrogen-bond acceptors (Lipinski definition) is 6. The number of anilines is 2. The lowest BCUT2D eigenvalue weighted by atomic mass is 10.0. The molecule has 0 radical (unpaired) electrons. The number of nitrogens with zero attached hydrogens (tertiary/aromatic N) is 3. The Morgan fingerprint density at radius 3 is 2.13 bits per heavy atom. The lowest BCUT2D eigenvalue weighted by Crippen LogP contribution is -2.34. The molecule has 0 aliphatic carbocycles. The summed E-state index contributed by atoms with van der Waals surface area (Å²) in [4.78, 5) is 31.5. The maximum Gasteiger partial charge on any atom is 0.282 e. The van der Waals surface area contributed by atoms with E-state index in [0.29, 0.717) is 29.2 Å². The van der Waals surface area contributed by atoms with Crippen molar-refractivity contribution >= 4 is 28.8 Å². The Labute approximate surface area is 183 Å². The zero-order chi connectivity index (χ0) is 22.5. The molecule has 2 aromatic carbocycles. The first-order valence-corrected chi connectivity index (χ1v) is 10.3. The normalized spacial score (nSPS) is 13.8. The van der Waals surface area contributed by atoms with E-state index in [1.807, 2.05) is 38.1 Å². The Morgan fingerprint density at radius 2 is 1.58 bits per heavy atom. The van der Waals surface area contributed by atoms with Crippen LogP contribution >= 0.6 is 0 Å². The van der Waals surface area contributed by atoms with Crippen molar-refractivity contribution < 1.29 is 19.4 Å². The van der Waals surface area contributed by atoms with Crippen LogP contribution in [-0.4, -0.2) is 62.7 Å². The number of hydrogen-bond donors (Lipinski definition) is 1. The van der Waals surface area contributed by atoms with Gasteiger partial charge in [-0.3, -0.25) is 9.59 Å². The summed E-state index contributed by atoms with van der Waals surface area (Å²) in [5.41, 5.74) is 2.71. The summed E-state index contributed by atoms with van der Waals surface area (Å²) in [6.07, 6.45) is 0.900. The fourth-order valence-electron chi connectivity index (χ4n) is 3.47. The highest BCUT2D eigenvalue weighted by atomic mass is 16.5. The standard InChI is InChI=1S/C24H29N3O4/c1-5-16-31-20-12-6-17(7-13-20)21-22(26(4)14-15-28)24(30)27(23(21)29)19-10-8-18(9-11-19)25(2)3/h6-13,28H,5,14-16H2,1-4H3. The molecule has 31 heavy (non-hydrogen) atoms. The zero-order valence-corrected chi connectivity index (χ0v) is 18.5. The van der Waals surface area contributed by atoms with Crippen molar-refractivity contribution in [1.82, 2.24) is 4.90 Å². The molecule has 164 valence electrons. The Kier molecular flexibility index (Phi) is 6.97. The molecule has 7 nitrogen and oxygen atoms in total. The zero-order valence-electron chi connectivity index (χ0n) is 18.5. The van der Waals surface area contributed by atoms with Crippen LogP contribution in [0.1, 0.15) is 18.9 Å². The van der Waals surface area contributed by atoms with E-state index < -0.39 is 5.91 Å². The molecule has 0 saturated carbocycles. The molecule has 0 atom stereocenters. The average Bonchev–Trinajstić information content (AvgIpc) is 3.03. The van der Waals surface area contributed by atoms with Gasteiger partial charge in [-0.15, -0.1) is 0 Å². The van der Waals surface area contributed by atoms with Crippen LogP contribution in [0.4, 0.5) is 11.4 Å². The van der Waals surface area contributed by atoms with Gasteiger partial charge in [0.1, 0.15) is 11.4 Å². The van der Waals surface area contributed by atoms with Crippen molar-refractivity contribution in [3.8, 4) is 5.75 Å². The number of aliphatic hydroxyl groups excluding tert-OH is 1. The molecule has 0 fully saturated rings. The highest BCUT2D eigenvalue weighted by Crippen LogP contribution is 2.35. The smallest absolute Gasteiger partial charge is 0.282 e. The van der Waals surface area contributed by atoms with Gasteiger partial charge >= 0.3 is 0 Å². The van der Waals surface area contributed by atoms with Crippen molar-refractivity contribution in [3.05, 3.63) is 59.8 Å². The third-order valence-electron chi connectivity index (χ3n) is 5.12. The molecule has 2 amide bonds. The van der Waals surface area contributed by atoms with Gasteiger partial charge in [-0.2, -0.15) is 0 Å². The van der Waals surface area contributed by atoms with Crippen LogP contribution in [0.2, 0.25) is 0 Å². The van der Waals surface area contributed by atoms with E-state index in [0.717, 1.165) is 12.1 Å². The quantitative estimate of drug-likeness (QED) is 0.626. The third-order valence-corrected chi connectivity index (χ3v) is 5.12. The van der Waals surface area contributed by atoms with Crippen molar-refractivity contribution in [2.45, 2.75) is 13.3 Å². The maximum atomic E-state index is 13.4. The van der Waals surface area contributed by atoms with Crippen molar-refractivity contribution in [1.29, 1.82) is 0 Å². The fourth-order valence-corrected chi connectivity index (χ4v) is 3.47. The number of aliphatic hydroxyl groups is 1. The Bertz CT molecular complexity index is 965. The molecule has 0 unspecified atom stereocenters. The second-order valence-electron chi connectivity index (χ2n) is 7.60. The topological polar surface area (TPSA) is 73.3 Å². The van der Waals surface area contributed by atoms with Crippen LogP contribution in [0.25, 0.3) is 5.57 Å². The molecule has 1 N–H and O–H groups in total. The number of rotatable bonds is 9. The van der Waals surface area contributed by atoms with Gasteiger partial charge in [0.25, 0.3) is 11.8 Å². The Morgan fingerprint density at radius 1 is 0.935 bits per heavy atom. The number of amides is 2. The Hall–Kier alpha value is -3.32. The van der Waals surface area contributed by atoms with Gasteiger partial charge in [0, 0.05) is 33.4 Å². The summed E-state index contributed by atoms with van der Waals surface area (Å²) in [5.74, 6) is -0.0751. The van der Waals surface area contributed by atoms with Gasteiger partial charge in [-0.25, -0.2) is 4.90 Å². The van der Waals surface area contributed by atoms with E-state index in [-0.39, 0.29) is 24.8 Å². The second-order valence-corrected chi connectivity index (χ2v) is 7.60. The van der Waals surface area contributed by atoms with Gasteiger partial charge in [-0.1, -0.05) is 19.1 Å². The van der Waals surface area contributed by atoms with Gasteiger partial charge in [0.05, 0.1) is 24.5 Å². The molecule has 2 aromatic rings. The summed E-state index contributed by atoms with van der Waals surface area (Å²) < 4.78 is 5.63. The number of ether oxygens (including phenoxy) is 1. The third kappa shape index (κ3) is 4.56. The monoisotopic (exact) mass is 423 g/mol. The van der Waals surface area contributed by atoms with E-state index in [1.165, 1.54) is 4.90 Å². The fraction of sp³-hybridized carbons (Fsp3) is 0.333. The highest BCUT2D eigenvalue weighted by Gasteiger charge is 2.41. The summed E-state index contributed by atoms with van der Waals surface area (Å²) in [5, 5.41) is 9.39. The number of carbonyl (C=O) groups is 2. The Balaban J connectivity index is 2.00. The van der Waals surface area contributed by atoms with Crippen molar-refractivity contribution in [3.63, 3.8) is 0 Å². The van der Waals surface area contributed by atoms with E-state index in [9.17, 15) is 14.7 Å². The first-order chi connectivity index (χ1) is 14.9. The minimum Gasteiger partial charge on any atom is -0.494 e. The molecular formula is C24H29N3O4. The molecule has 3 rings (SSSR count). The molecule has 1 heterocycles. The van der Waals surface area contributed by atoms with Gasteiger partial charge in [0.2, 0.25) is 0 Å². The number of benzene rings is 2. The highest BCUT2D eigenvalue weighted by molar-refractivity contribution is 6.45. The second kappa shape index (κ2) is 9.66. The molecular weight excluding hydrogens is 394 g/mol. The molecule has 0 bridgehead atoms. The summed E-state index contributed by atoms with van der Waals surface area (Å²) in [6, 6.07) is 14.4. The van der Waals surface area contributed by atoms with Crippen LogP contribution < -0.4 is 14.5 Å².